The molecular weight excluding hydrogens is 314 g/mol. The van der Waals surface area contributed by atoms with E-state index in [1.807, 2.05) is 49.5 Å². The van der Waals surface area contributed by atoms with E-state index in [4.69, 9.17) is 4.74 Å². The molecule has 0 radical (unpaired) electrons. The summed E-state index contributed by atoms with van der Waals surface area (Å²) in [7, 11) is 3.63. The zero-order valence-electron chi connectivity index (χ0n) is 15.0. The number of aromatic nitrogens is 2. The fourth-order valence-corrected chi connectivity index (χ4v) is 3.00. The van der Waals surface area contributed by atoms with Gasteiger partial charge in [0.1, 0.15) is 11.6 Å². The first-order valence-corrected chi connectivity index (χ1v) is 8.37. The molecule has 0 saturated carbocycles. The lowest BCUT2D eigenvalue weighted by atomic mass is 10.1. The van der Waals surface area contributed by atoms with Crippen LogP contribution in [0.15, 0.2) is 42.5 Å². The maximum Gasteiger partial charge on any atom is 0.251 e. The van der Waals surface area contributed by atoms with Gasteiger partial charge in [0.05, 0.1) is 18.1 Å². The predicted octanol–water partition coefficient (Wildman–Crippen LogP) is 3.64. The first kappa shape index (κ1) is 17.0. The zero-order chi connectivity index (χ0) is 18.0. The number of imidazole rings is 1. The summed E-state index contributed by atoms with van der Waals surface area (Å²) in [5.41, 5.74) is 3.43. The Morgan fingerprint density at radius 2 is 2.00 bits per heavy atom. The number of hydrogen-bond donors (Lipinski definition) is 1. The van der Waals surface area contributed by atoms with E-state index in [1.165, 1.54) is 0 Å². The van der Waals surface area contributed by atoms with Crippen LogP contribution in [0, 0.1) is 0 Å². The molecule has 2 aromatic carbocycles. The van der Waals surface area contributed by atoms with E-state index in [9.17, 15) is 4.79 Å². The van der Waals surface area contributed by atoms with Gasteiger partial charge in [0.25, 0.3) is 5.91 Å². The second-order valence-electron chi connectivity index (χ2n) is 6.38. The highest BCUT2D eigenvalue weighted by Crippen LogP contribution is 2.22. The number of carbonyl (C=O) groups excluding carboxylic acids is 1. The maximum atomic E-state index is 12.5. The smallest absolute Gasteiger partial charge is 0.251 e. The molecule has 0 saturated heterocycles. The van der Waals surface area contributed by atoms with E-state index >= 15 is 0 Å². The maximum absolute atomic E-state index is 12.5. The Balaban J connectivity index is 1.80. The summed E-state index contributed by atoms with van der Waals surface area (Å²) in [5, 5.41) is 2.95. The van der Waals surface area contributed by atoms with Gasteiger partial charge in [-0.3, -0.25) is 4.79 Å². The van der Waals surface area contributed by atoms with Crippen LogP contribution in [0.25, 0.3) is 11.0 Å². The summed E-state index contributed by atoms with van der Waals surface area (Å²) in [6.45, 7) is 4.64. The van der Waals surface area contributed by atoms with Gasteiger partial charge in [-0.15, -0.1) is 0 Å². The molecule has 0 aliphatic carbocycles. The first-order valence-electron chi connectivity index (χ1n) is 8.37. The Morgan fingerprint density at radius 3 is 2.72 bits per heavy atom. The lowest BCUT2D eigenvalue weighted by Crippen LogP contribution is -2.23. The monoisotopic (exact) mass is 337 g/mol. The third-order valence-electron chi connectivity index (χ3n) is 4.33. The zero-order valence-corrected chi connectivity index (χ0v) is 15.0. The average Bonchev–Trinajstić information content (AvgIpc) is 2.96. The van der Waals surface area contributed by atoms with Gasteiger partial charge in [-0.1, -0.05) is 32.0 Å². The van der Waals surface area contributed by atoms with Crippen LogP contribution in [0.2, 0.25) is 0 Å². The van der Waals surface area contributed by atoms with Crippen molar-refractivity contribution in [1.29, 1.82) is 0 Å². The summed E-state index contributed by atoms with van der Waals surface area (Å²) in [6, 6.07) is 13.3. The van der Waals surface area contributed by atoms with E-state index in [-0.39, 0.29) is 5.91 Å². The largest absolute Gasteiger partial charge is 0.496 e. The van der Waals surface area contributed by atoms with E-state index in [2.05, 4.69) is 28.7 Å². The summed E-state index contributed by atoms with van der Waals surface area (Å²) in [4.78, 5) is 17.2. The molecule has 1 aromatic heterocycles. The number of amides is 1. The molecule has 0 atom stereocenters. The lowest BCUT2D eigenvalue weighted by molar-refractivity contribution is 0.0951. The van der Waals surface area contributed by atoms with Crippen molar-refractivity contribution in [2.24, 2.45) is 7.05 Å². The molecule has 0 unspecified atom stereocenters. The Bertz CT molecular complexity index is 912. The van der Waals surface area contributed by atoms with Crippen LogP contribution in [0.4, 0.5) is 0 Å². The third kappa shape index (κ3) is 3.36. The van der Waals surface area contributed by atoms with Gasteiger partial charge in [0.2, 0.25) is 0 Å². The molecule has 0 spiro atoms. The predicted molar refractivity (Wildman–Crippen MR) is 99.0 cm³/mol. The molecule has 3 rings (SSSR count). The number of fused-ring (bicyclic) bond motifs is 1. The highest BCUT2D eigenvalue weighted by molar-refractivity contribution is 5.97. The van der Waals surface area contributed by atoms with E-state index < -0.39 is 0 Å². The molecule has 1 N–H and O–H groups in total. The summed E-state index contributed by atoms with van der Waals surface area (Å²) in [5.74, 6) is 2.00. The minimum atomic E-state index is -0.121. The molecule has 3 aromatic rings. The molecule has 0 fully saturated rings. The second kappa shape index (κ2) is 6.97. The molecule has 1 heterocycles. The Labute approximate surface area is 147 Å². The van der Waals surface area contributed by atoms with E-state index in [1.54, 1.807) is 7.11 Å². The van der Waals surface area contributed by atoms with Gasteiger partial charge in [0, 0.05) is 30.6 Å². The van der Waals surface area contributed by atoms with Gasteiger partial charge >= 0.3 is 0 Å². The Kier molecular flexibility index (Phi) is 4.74. The molecule has 5 heteroatoms. The second-order valence-corrected chi connectivity index (χ2v) is 6.38. The number of benzene rings is 2. The van der Waals surface area contributed by atoms with Crippen LogP contribution in [0.3, 0.4) is 0 Å². The number of carbonyl (C=O) groups is 1. The van der Waals surface area contributed by atoms with Crippen LogP contribution in [0.5, 0.6) is 5.75 Å². The molecule has 130 valence electrons. The van der Waals surface area contributed by atoms with Gasteiger partial charge in [-0.2, -0.15) is 0 Å². The topological polar surface area (TPSA) is 56.1 Å². The fraction of sp³-hybridized carbons (Fsp3) is 0.300. The number of methoxy groups -OCH3 is 1. The van der Waals surface area contributed by atoms with Crippen LogP contribution in [-0.2, 0) is 13.6 Å². The molecule has 0 aliphatic rings. The first-order chi connectivity index (χ1) is 12.0. The number of hydrogen-bond acceptors (Lipinski definition) is 3. The van der Waals surface area contributed by atoms with Crippen LogP contribution < -0.4 is 10.1 Å². The van der Waals surface area contributed by atoms with Gasteiger partial charge in [0.15, 0.2) is 0 Å². The number of aryl methyl sites for hydroxylation is 1. The number of rotatable bonds is 5. The van der Waals surface area contributed by atoms with Crippen LogP contribution in [0.1, 0.15) is 41.5 Å². The van der Waals surface area contributed by atoms with Gasteiger partial charge in [-0.25, -0.2) is 4.98 Å². The van der Waals surface area contributed by atoms with Gasteiger partial charge < -0.3 is 14.6 Å². The number of ether oxygens (including phenoxy) is 1. The van der Waals surface area contributed by atoms with Crippen molar-refractivity contribution in [1.82, 2.24) is 14.9 Å². The number of para-hydroxylation sites is 1. The van der Waals surface area contributed by atoms with Crippen molar-refractivity contribution < 1.29 is 9.53 Å². The van der Waals surface area contributed by atoms with Crippen molar-refractivity contribution in [3.8, 4) is 5.75 Å². The summed E-state index contributed by atoms with van der Waals surface area (Å²) in [6.07, 6.45) is 0. The molecule has 5 nitrogen and oxygen atoms in total. The molecule has 0 bridgehead atoms. The minimum absolute atomic E-state index is 0.121. The van der Waals surface area contributed by atoms with Crippen molar-refractivity contribution >= 4 is 16.9 Å². The molecule has 25 heavy (non-hydrogen) atoms. The standard InChI is InChI=1S/C20H23N3O2/c1-13(2)19-22-16-11-14(9-10-17(16)23(19)3)20(24)21-12-15-7-5-6-8-18(15)25-4/h5-11,13H,12H2,1-4H3,(H,21,24). The lowest BCUT2D eigenvalue weighted by Gasteiger charge is -2.09. The molecule has 1 amide bonds. The minimum Gasteiger partial charge on any atom is -0.496 e. The van der Waals surface area contributed by atoms with Gasteiger partial charge in [-0.05, 0) is 24.3 Å². The summed E-state index contributed by atoms with van der Waals surface area (Å²) < 4.78 is 7.40. The van der Waals surface area contributed by atoms with E-state index in [0.717, 1.165) is 28.2 Å². The third-order valence-corrected chi connectivity index (χ3v) is 4.33. The quantitative estimate of drug-likeness (QED) is 0.773. The molecule has 0 aliphatic heterocycles. The SMILES string of the molecule is COc1ccccc1CNC(=O)c1ccc2c(c1)nc(C(C)C)n2C. The average molecular weight is 337 g/mol. The number of nitrogens with one attached hydrogen (secondary N) is 1. The van der Waals surface area contributed by atoms with Crippen LogP contribution >= 0.6 is 0 Å². The normalized spacial score (nSPS) is 11.1. The van der Waals surface area contributed by atoms with Crippen molar-refractivity contribution in [2.75, 3.05) is 7.11 Å². The number of nitrogens with zero attached hydrogens (tertiary/aromatic N) is 2. The summed E-state index contributed by atoms with van der Waals surface area (Å²) >= 11 is 0. The molecular formula is C20H23N3O2. The highest BCUT2D eigenvalue weighted by Gasteiger charge is 2.14. The highest BCUT2D eigenvalue weighted by atomic mass is 16.5. The Morgan fingerprint density at radius 1 is 1.24 bits per heavy atom. The van der Waals surface area contributed by atoms with Crippen LogP contribution in [-0.4, -0.2) is 22.6 Å². The van der Waals surface area contributed by atoms with Crippen molar-refractivity contribution in [2.45, 2.75) is 26.3 Å². The Hall–Kier alpha value is -2.82. The van der Waals surface area contributed by atoms with Crippen molar-refractivity contribution in [3.05, 3.63) is 59.4 Å². The van der Waals surface area contributed by atoms with E-state index in [0.29, 0.717) is 18.0 Å². The fourth-order valence-electron chi connectivity index (χ4n) is 3.00. The van der Waals surface area contributed by atoms with Crippen molar-refractivity contribution in [3.63, 3.8) is 0 Å².